The number of aromatic nitrogens is 1. The number of rotatable bonds is 1. The Morgan fingerprint density at radius 1 is 1.45 bits per heavy atom. The molecule has 0 spiro atoms. The van der Waals surface area contributed by atoms with E-state index in [0.29, 0.717) is 0 Å². The van der Waals surface area contributed by atoms with Crippen LogP contribution in [-0.4, -0.2) is 4.98 Å². The summed E-state index contributed by atoms with van der Waals surface area (Å²) in [5.74, 6) is -0.643. The summed E-state index contributed by atoms with van der Waals surface area (Å²) in [5.41, 5.74) is -0.248. The molecular formula is C7H6F3N. The predicted molar refractivity (Wildman–Crippen MR) is 33.9 cm³/mol. The van der Waals surface area contributed by atoms with Crippen LogP contribution in [0.15, 0.2) is 12.3 Å². The second-order valence-electron chi connectivity index (χ2n) is 2.16. The number of nitrogens with zero attached hydrogens (tertiary/aromatic N) is 1. The number of pyridine rings is 1. The van der Waals surface area contributed by atoms with Crippen molar-refractivity contribution in [1.29, 1.82) is 0 Å². The molecule has 1 rings (SSSR count). The van der Waals surface area contributed by atoms with Crippen LogP contribution in [0.4, 0.5) is 13.2 Å². The topological polar surface area (TPSA) is 12.9 Å². The van der Waals surface area contributed by atoms with Gasteiger partial charge in [0.1, 0.15) is 11.5 Å². The van der Waals surface area contributed by atoms with E-state index in [1.165, 1.54) is 6.92 Å². The number of hydrogen-bond donors (Lipinski definition) is 0. The zero-order chi connectivity index (χ0) is 8.43. The van der Waals surface area contributed by atoms with Crippen molar-refractivity contribution in [2.24, 2.45) is 0 Å². The average molecular weight is 161 g/mol. The molecule has 0 aromatic carbocycles. The molecule has 0 bridgehead atoms. The summed E-state index contributed by atoms with van der Waals surface area (Å²) >= 11 is 0. The van der Waals surface area contributed by atoms with Crippen molar-refractivity contribution in [1.82, 2.24) is 4.98 Å². The number of hydrogen-bond acceptors (Lipinski definition) is 1. The van der Waals surface area contributed by atoms with Gasteiger partial charge in [0.15, 0.2) is 0 Å². The summed E-state index contributed by atoms with van der Waals surface area (Å²) in [6.45, 7) is 1.47. The molecule has 0 aliphatic heterocycles. The summed E-state index contributed by atoms with van der Waals surface area (Å²) in [4.78, 5) is 3.35. The van der Waals surface area contributed by atoms with Crippen LogP contribution in [0, 0.1) is 12.7 Å². The van der Waals surface area contributed by atoms with E-state index in [1.807, 2.05) is 0 Å². The van der Waals surface area contributed by atoms with Crippen LogP contribution >= 0.6 is 0 Å². The summed E-state index contributed by atoms with van der Waals surface area (Å²) in [6, 6.07) is 0.750. The third-order valence-electron chi connectivity index (χ3n) is 1.28. The molecule has 60 valence electrons. The van der Waals surface area contributed by atoms with E-state index in [2.05, 4.69) is 4.98 Å². The molecule has 1 nitrogen and oxygen atoms in total. The molecule has 0 aliphatic rings. The molecule has 11 heavy (non-hydrogen) atoms. The van der Waals surface area contributed by atoms with Gasteiger partial charge >= 0.3 is 0 Å². The smallest absolute Gasteiger partial charge is 0.255 e. The van der Waals surface area contributed by atoms with Gasteiger partial charge in [0, 0.05) is 17.8 Å². The minimum absolute atomic E-state index is 0.273. The molecule has 0 saturated heterocycles. The molecule has 0 saturated carbocycles. The SMILES string of the molecule is Cc1cnc(C(F)F)cc1F. The molecule has 1 aromatic rings. The van der Waals surface area contributed by atoms with Crippen molar-refractivity contribution in [2.45, 2.75) is 13.3 Å². The van der Waals surface area contributed by atoms with E-state index >= 15 is 0 Å². The normalized spacial score (nSPS) is 10.6. The van der Waals surface area contributed by atoms with Crippen molar-refractivity contribution in [2.75, 3.05) is 0 Å². The van der Waals surface area contributed by atoms with Crippen LogP contribution in [0.2, 0.25) is 0 Å². The number of aryl methyl sites for hydroxylation is 1. The summed E-state index contributed by atoms with van der Waals surface area (Å²) in [7, 11) is 0. The van der Waals surface area contributed by atoms with E-state index in [1.54, 1.807) is 0 Å². The van der Waals surface area contributed by atoms with Gasteiger partial charge in [-0.05, 0) is 6.92 Å². The van der Waals surface area contributed by atoms with Gasteiger partial charge in [-0.2, -0.15) is 0 Å². The Bertz CT molecular complexity index is 260. The average Bonchev–Trinajstić information content (AvgIpc) is 1.94. The second kappa shape index (κ2) is 2.90. The first-order valence-electron chi connectivity index (χ1n) is 3.01. The summed E-state index contributed by atoms with van der Waals surface area (Å²) < 4.78 is 36.3. The zero-order valence-corrected chi connectivity index (χ0v) is 5.81. The van der Waals surface area contributed by atoms with Gasteiger partial charge in [0.25, 0.3) is 6.43 Å². The Kier molecular flexibility index (Phi) is 2.12. The molecule has 4 heteroatoms. The Balaban J connectivity index is 3.05. The summed E-state index contributed by atoms with van der Waals surface area (Å²) in [5, 5.41) is 0. The van der Waals surface area contributed by atoms with E-state index in [4.69, 9.17) is 0 Å². The third kappa shape index (κ3) is 1.69. The lowest BCUT2D eigenvalue weighted by Gasteiger charge is -1.99. The maximum Gasteiger partial charge on any atom is 0.280 e. The first kappa shape index (κ1) is 8.04. The monoisotopic (exact) mass is 161 g/mol. The largest absolute Gasteiger partial charge is 0.280 e. The Hall–Kier alpha value is -1.06. The first-order valence-corrected chi connectivity index (χ1v) is 3.01. The van der Waals surface area contributed by atoms with E-state index in [9.17, 15) is 13.2 Å². The van der Waals surface area contributed by atoms with Gasteiger partial charge in [-0.1, -0.05) is 0 Å². The molecule has 1 aromatic heterocycles. The fraction of sp³-hybridized carbons (Fsp3) is 0.286. The quantitative estimate of drug-likeness (QED) is 0.616. The molecule has 0 N–H and O–H groups in total. The lowest BCUT2D eigenvalue weighted by molar-refractivity contribution is 0.145. The third-order valence-corrected chi connectivity index (χ3v) is 1.28. The van der Waals surface area contributed by atoms with Crippen LogP contribution in [0.25, 0.3) is 0 Å². The van der Waals surface area contributed by atoms with Gasteiger partial charge in [0.2, 0.25) is 0 Å². The second-order valence-corrected chi connectivity index (χ2v) is 2.16. The number of halogens is 3. The Morgan fingerprint density at radius 3 is 2.55 bits per heavy atom. The van der Waals surface area contributed by atoms with Gasteiger partial charge in [0.05, 0.1) is 0 Å². The molecule has 1 heterocycles. The highest BCUT2D eigenvalue weighted by Gasteiger charge is 2.09. The van der Waals surface area contributed by atoms with Gasteiger partial charge in [-0.3, -0.25) is 4.98 Å². The van der Waals surface area contributed by atoms with Crippen molar-refractivity contribution in [3.05, 3.63) is 29.3 Å². The first-order chi connectivity index (χ1) is 5.11. The fourth-order valence-corrected chi connectivity index (χ4v) is 0.633. The van der Waals surface area contributed by atoms with Crippen LogP contribution in [-0.2, 0) is 0 Å². The zero-order valence-electron chi connectivity index (χ0n) is 5.81. The summed E-state index contributed by atoms with van der Waals surface area (Å²) in [6.07, 6.45) is -1.61. The van der Waals surface area contributed by atoms with Crippen molar-refractivity contribution >= 4 is 0 Å². The minimum Gasteiger partial charge on any atom is -0.255 e. The molecular weight excluding hydrogens is 155 g/mol. The van der Waals surface area contributed by atoms with Gasteiger partial charge in [-0.25, -0.2) is 13.2 Å². The molecule has 0 atom stereocenters. The molecule has 0 amide bonds. The minimum atomic E-state index is -2.70. The lowest BCUT2D eigenvalue weighted by Crippen LogP contribution is -1.93. The van der Waals surface area contributed by atoms with Crippen molar-refractivity contribution in [3.63, 3.8) is 0 Å². The van der Waals surface area contributed by atoms with Crippen LogP contribution in [0.1, 0.15) is 17.7 Å². The Labute approximate surface area is 61.9 Å². The molecule has 0 unspecified atom stereocenters. The van der Waals surface area contributed by atoms with Crippen LogP contribution in [0.5, 0.6) is 0 Å². The maximum atomic E-state index is 12.6. The molecule has 0 fully saturated rings. The van der Waals surface area contributed by atoms with Gasteiger partial charge in [-0.15, -0.1) is 0 Å². The maximum absolute atomic E-state index is 12.6. The van der Waals surface area contributed by atoms with Gasteiger partial charge < -0.3 is 0 Å². The number of alkyl halides is 2. The lowest BCUT2D eigenvalue weighted by atomic mass is 10.2. The van der Waals surface area contributed by atoms with E-state index in [0.717, 1.165) is 12.3 Å². The predicted octanol–water partition coefficient (Wildman–Crippen LogP) is 2.47. The molecule has 0 aliphatic carbocycles. The highest BCUT2D eigenvalue weighted by Crippen LogP contribution is 2.17. The standard InChI is InChI=1S/C7H6F3N/c1-4-3-11-6(7(9)10)2-5(4)8/h2-3,7H,1H3. The Morgan fingerprint density at radius 2 is 2.09 bits per heavy atom. The van der Waals surface area contributed by atoms with Crippen molar-refractivity contribution < 1.29 is 13.2 Å². The van der Waals surface area contributed by atoms with Crippen LogP contribution < -0.4 is 0 Å². The van der Waals surface area contributed by atoms with E-state index in [-0.39, 0.29) is 5.56 Å². The highest BCUT2D eigenvalue weighted by molar-refractivity contribution is 5.15. The fourth-order valence-electron chi connectivity index (χ4n) is 0.633. The molecule has 0 radical (unpaired) electrons. The van der Waals surface area contributed by atoms with E-state index < -0.39 is 17.9 Å². The van der Waals surface area contributed by atoms with Crippen molar-refractivity contribution in [3.8, 4) is 0 Å². The van der Waals surface area contributed by atoms with Crippen LogP contribution in [0.3, 0.4) is 0 Å². The highest BCUT2D eigenvalue weighted by atomic mass is 19.3.